The van der Waals surface area contributed by atoms with E-state index in [-0.39, 0.29) is 18.6 Å². The van der Waals surface area contributed by atoms with Crippen LogP contribution in [0.2, 0.25) is 0 Å². The van der Waals surface area contributed by atoms with Crippen LogP contribution in [-0.4, -0.2) is 42.9 Å². The predicted molar refractivity (Wildman–Crippen MR) is 75.6 cm³/mol. The van der Waals surface area contributed by atoms with Gasteiger partial charge in [-0.2, -0.15) is 0 Å². The zero-order valence-corrected chi connectivity index (χ0v) is 12.2. The molecule has 1 heterocycles. The first kappa shape index (κ1) is 16.8. The lowest BCUT2D eigenvalue weighted by Crippen LogP contribution is -2.40. The van der Waals surface area contributed by atoms with Crippen LogP contribution in [0, 0.1) is 5.92 Å². The molecule has 2 amide bonds. The lowest BCUT2D eigenvalue weighted by Gasteiger charge is -2.17. The van der Waals surface area contributed by atoms with E-state index >= 15 is 0 Å². The fourth-order valence-corrected chi connectivity index (χ4v) is 2.44. The average Bonchev–Trinajstić information content (AvgIpc) is 2.87. The van der Waals surface area contributed by atoms with Gasteiger partial charge in [0.2, 0.25) is 0 Å². The zero-order chi connectivity index (χ0) is 14.8. The third-order valence-corrected chi connectivity index (χ3v) is 3.63. The van der Waals surface area contributed by atoms with E-state index in [1.165, 1.54) is 0 Å². The second-order valence-corrected chi connectivity index (χ2v) is 5.21. The Bertz CT molecular complexity index is 310. The van der Waals surface area contributed by atoms with Crippen molar-refractivity contribution >= 4 is 12.0 Å². The number of hydrogen-bond donors (Lipinski definition) is 3. The second-order valence-electron chi connectivity index (χ2n) is 5.21. The van der Waals surface area contributed by atoms with Crippen LogP contribution in [-0.2, 0) is 9.53 Å². The van der Waals surface area contributed by atoms with Gasteiger partial charge in [0.25, 0.3) is 0 Å². The summed E-state index contributed by atoms with van der Waals surface area (Å²) < 4.78 is 5.57. The van der Waals surface area contributed by atoms with Crippen molar-refractivity contribution in [2.75, 3.05) is 19.7 Å². The number of amides is 2. The van der Waals surface area contributed by atoms with E-state index in [0.717, 1.165) is 32.3 Å². The Morgan fingerprint density at radius 3 is 2.75 bits per heavy atom. The first-order valence-corrected chi connectivity index (χ1v) is 7.48. The van der Waals surface area contributed by atoms with Gasteiger partial charge in [-0.05, 0) is 25.7 Å². The van der Waals surface area contributed by atoms with Gasteiger partial charge in [0, 0.05) is 32.0 Å². The van der Waals surface area contributed by atoms with Crippen molar-refractivity contribution in [3.05, 3.63) is 0 Å². The van der Waals surface area contributed by atoms with Crippen LogP contribution in [0.15, 0.2) is 0 Å². The average molecular weight is 286 g/mol. The Kier molecular flexibility index (Phi) is 8.02. The van der Waals surface area contributed by atoms with Crippen LogP contribution < -0.4 is 10.6 Å². The van der Waals surface area contributed by atoms with Crippen LogP contribution in [0.25, 0.3) is 0 Å². The first-order chi connectivity index (χ1) is 9.63. The Hall–Kier alpha value is -1.30. The summed E-state index contributed by atoms with van der Waals surface area (Å²) in [7, 11) is 0. The lowest BCUT2D eigenvalue weighted by molar-refractivity contribution is -0.137. The van der Waals surface area contributed by atoms with E-state index in [1.807, 2.05) is 0 Å². The lowest BCUT2D eigenvalue weighted by atomic mass is 10.00. The van der Waals surface area contributed by atoms with Crippen LogP contribution in [0.3, 0.4) is 0 Å². The van der Waals surface area contributed by atoms with Gasteiger partial charge in [0.05, 0.1) is 6.10 Å². The van der Waals surface area contributed by atoms with Crippen LogP contribution in [0.5, 0.6) is 0 Å². The molecule has 2 atom stereocenters. The van der Waals surface area contributed by atoms with Crippen molar-refractivity contribution in [3.63, 3.8) is 0 Å². The molecule has 116 valence electrons. The maximum Gasteiger partial charge on any atom is 0.314 e. The number of carbonyl (C=O) groups is 2. The Labute approximate surface area is 120 Å². The van der Waals surface area contributed by atoms with Gasteiger partial charge in [-0.1, -0.05) is 13.3 Å². The number of rotatable bonds is 9. The van der Waals surface area contributed by atoms with Crippen molar-refractivity contribution in [3.8, 4) is 0 Å². The molecule has 2 unspecified atom stereocenters. The number of unbranched alkanes of at least 4 members (excludes halogenated alkanes) is 2. The van der Waals surface area contributed by atoms with Crippen molar-refractivity contribution in [1.82, 2.24) is 10.6 Å². The minimum absolute atomic E-state index is 0.148. The molecule has 0 aromatic heterocycles. The van der Waals surface area contributed by atoms with Gasteiger partial charge >= 0.3 is 12.0 Å². The molecule has 1 fully saturated rings. The number of aliphatic carboxylic acids is 1. The van der Waals surface area contributed by atoms with Gasteiger partial charge in [-0.25, -0.2) is 4.79 Å². The van der Waals surface area contributed by atoms with E-state index in [1.54, 1.807) is 0 Å². The molecular formula is C14H26N2O4. The van der Waals surface area contributed by atoms with E-state index in [2.05, 4.69) is 17.6 Å². The minimum Gasteiger partial charge on any atom is -0.481 e. The standard InChI is InChI=1S/C14H26N2O4/c1-2-12-11(7-9-20-12)10-16-14(19)15-8-5-3-4-6-13(17)18/h11-12H,2-10H2,1H3,(H,17,18)(H2,15,16,19). The smallest absolute Gasteiger partial charge is 0.314 e. The summed E-state index contributed by atoms with van der Waals surface area (Å²) in [5.74, 6) is -0.346. The van der Waals surface area contributed by atoms with Crippen LogP contribution in [0.4, 0.5) is 4.79 Å². The summed E-state index contributed by atoms with van der Waals surface area (Å²) in [6.07, 6.45) is 4.76. The fraction of sp³-hybridized carbons (Fsp3) is 0.857. The number of carboxylic acid groups (broad SMARTS) is 1. The second kappa shape index (κ2) is 9.58. The molecular weight excluding hydrogens is 260 g/mol. The molecule has 1 saturated heterocycles. The van der Waals surface area contributed by atoms with Crippen molar-refractivity contribution in [1.29, 1.82) is 0 Å². The number of hydrogen-bond acceptors (Lipinski definition) is 3. The van der Waals surface area contributed by atoms with Gasteiger partial charge in [-0.3, -0.25) is 4.79 Å². The molecule has 20 heavy (non-hydrogen) atoms. The molecule has 0 aromatic rings. The normalized spacial score (nSPS) is 21.6. The summed E-state index contributed by atoms with van der Waals surface area (Å²) in [6, 6.07) is -0.148. The summed E-state index contributed by atoms with van der Waals surface area (Å²) in [4.78, 5) is 21.9. The molecule has 6 heteroatoms. The number of carbonyl (C=O) groups excluding carboxylic acids is 1. The highest BCUT2D eigenvalue weighted by Crippen LogP contribution is 2.22. The van der Waals surface area contributed by atoms with Gasteiger partial charge < -0.3 is 20.5 Å². The Balaban J connectivity index is 1.99. The summed E-state index contributed by atoms with van der Waals surface area (Å²) >= 11 is 0. The topological polar surface area (TPSA) is 87.7 Å². The number of carboxylic acids is 1. The predicted octanol–water partition coefficient (Wildman–Crippen LogP) is 1.75. The number of urea groups is 1. The highest BCUT2D eigenvalue weighted by molar-refractivity contribution is 5.73. The molecule has 0 aromatic carbocycles. The molecule has 0 spiro atoms. The molecule has 6 nitrogen and oxygen atoms in total. The largest absolute Gasteiger partial charge is 0.481 e. The molecule has 0 radical (unpaired) electrons. The van der Waals surface area contributed by atoms with E-state index in [0.29, 0.717) is 25.4 Å². The molecule has 0 saturated carbocycles. The first-order valence-electron chi connectivity index (χ1n) is 7.48. The SMILES string of the molecule is CCC1OCCC1CNC(=O)NCCCCCC(=O)O. The zero-order valence-electron chi connectivity index (χ0n) is 12.2. The molecule has 1 aliphatic rings. The molecule has 1 rings (SSSR count). The van der Waals surface area contributed by atoms with Crippen molar-refractivity contribution in [2.45, 2.75) is 51.6 Å². The van der Waals surface area contributed by atoms with Crippen LogP contribution >= 0.6 is 0 Å². The quantitative estimate of drug-likeness (QED) is 0.563. The summed E-state index contributed by atoms with van der Waals surface area (Å²) in [6.45, 7) is 4.13. The van der Waals surface area contributed by atoms with Gasteiger partial charge in [-0.15, -0.1) is 0 Å². The van der Waals surface area contributed by atoms with E-state index < -0.39 is 5.97 Å². The Morgan fingerprint density at radius 1 is 1.25 bits per heavy atom. The monoisotopic (exact) mass is 286 g/mol. The molecule has 3 N–H and O–H groups in total. The summed E-state index contributed by atoms with van der Waals surface area (Å²) in [5.41, 5.74) is 0. The minimum atomic E-state index is -0.764. The van der Waals surface area contributed by atoms with Crippen molar-refractivity contribution < 1.29 is 19.4 Å². The molecule has 0 aliphatic carbocycles. The summed E-state index contributed by atoms with van der Waals surface area (Å²) in [5, 5.41) is 14.1. The maximum atomic E-state index is 11.6. The highest BCUT2D eigenvalue weighted by atomic mass is 16.5. The number of nitrogens with one attached hydrogen (secondary N) is 2. The van der Waals surface area contributed by atoms with E-state index in [9.17, 15) is 9.59 Å². The van der Waals surface area contributed by atoms with Gasteiger partial charge in [0.15, 0.2) is 0 Å². The third-order valence-electron chi connectivity index (χ3n) is 3.63. The fourth-order valence-electron chi connectivity index (χ4n) is 2.44. The molecule has 1 aliphatic heterocycles. The maximum absolute atomic E-state index is 11.6. The van der Waals surface area contributed by atoms with Gasteiger partial charge in [0.1, 0.15) is 0 Å². The van der Waals surface area contributed by atoms with E-state index in [4.69, 9.17) is 9.84 Å². The van der Waals surface area contributed by atoms with Crippen LogP contribution in [0.1, 0.15) is 45.4 Å². The Morgan fingerprint density at radius 2 is 2.05 bits per heavy atom. The number of ether oxygens (including phenoxy) is 1. The third kappa shape index (κ3) is 6.75. The highest BCUT2D eigenvalue weighted by Gasteiger charge is 2.26. The molecule has 0 bridgehead atoms. The van der Waals surface area contributed by atoms with Crippen molar-refractivity contribution in [2.24, 2.45) is 5.92 Å².